The minimum absolute atomic E-state index is 0.328. The summed E-state index contributed by atoms with van der Waals surface area (Å²) in [5.41, 5.74) is 0.265. The Kier molecular flexibility index (Phi) is 4.35. The van der Waals surface area contributed by atoms with Gasteiger partial charge in [-0.1, -0.05) is 12.1 Å². The van der Waals surface area contributed by atoms with E-state index in [0.717, 1.165) is 23.5 Å². The molecule has 2 heterocycles. The summed E-state index contributed by atoms with van der Waals surface area (Å²) in [7, 11) is 0. The normalized spacial score (nSPS) is 11.3. The van der Waals surface area contributed by atoms with Crippen LogP contribution in [0.5, 0.6) is 0 Å². The number of carbonyl (C=O) groups excluding carboxylic acids is 1. The molecule has 1 amide bonds. The first kappa shape index (κ1) is 16.2. The molecule has 0 bridgehead atoms. The molecule has 0 saturated carbocycles. The maximum Gasteiger partial charge on any atom is 0.416 e. The highest BCUT2D eigenvalue weighted by atomic mass is 32.1. The van der Waals surface area contributed by atoms with Crippen molar-refractivity contribution >= 4 is 22.9 Å². The maximum atomic E-state index is 12.8. The summed E-state index contributed by atoms with van der Waals surface area (Å²) < 4.78 is 38.4. The van der Waals surface area contributed by atoms with E-state index in [-0.39, 0.29) is 5.91 Å². The molecule has 1 aromatic carbocycles. The van der Waals surface area contributed by atoms with Crippen LogP contribution in [0.2, 0.25) is 0 Å². The van der Waals surface area contributed by atoms with Gasteiger partial charge in [-0.05, 0) is 42.0 Å². The number of benzene rings is 1. The second kappa shape index (κ2) is 6.45. The molecule has 0 fully saturated rings. The van der Waals surface area contributed by atoms with E-state index in [0.29, 0.717) is 21.0 Å². The number of halogens is 3. The van der Waals surface area contributed by atoms with Gasteiger partial charge in [0, 0.05) is 11.1 Å². The highest BCUT2D eigenvalue weighted by molar-refractivity contribution is 7.17. The molecule has 7 heteroatoms. The van der Waals surface area contributed by atoms with Crippen molar-refractivity contribution in [3.8, 4) is 10.4 Å². The van der Waals surface area contributed by atoms with Crippen molar-refractivity contribution in [2.24, 2.45) is 0 Å². The number of nitrogens with one attached hydrogen (secondary N) is 1. The molecule has 2 aromatic heterocycles. The highest BCUT2D eigenvalue weighted by Crippen LogP contribution is 2.34. The molecule has 0 unspecified atom stereocenters. The van der Waals surface area contributed by atoms with E-state index in [1.54, 1.807) is 36.5 Å². The van der Waals surface area contributed by atoms with Gasteiger partial charge in [-0.2, -0.15) is 13.2 Å². The van der Waals surface area contributed by atoms with Crippen molar-refractivity contribution in [1.29, 1.82) is 0 Å². The van der Waals surface area contributed by atoms with E-state index in [4.69, 9.17) is 0 Å². The van der Waals surface area contributed by atoms with Crippen LogP contribution in [0, 0.1) is 0 Å². The standard InChI is InChI=1S/C17H11F3N2OS/c18-17(19,20)12-4-1-3-11(9-12)14-6-7-15(24-14)16(23)22-13-5-2-8-21-10-13/h1-10H,(H,22,23). The average molecular weight is 348 g/mol. The summed E-state index contributed by atoms with van der Waals surface area (Å²) >= 11 is 1.13. The highest BCUT2D eigenvalue weighted by Gasteiger charge is 2.30. The Morgan fingerprint density at radius 1 is 1.08 bits per heavy atom. The van der Waals surface area contributed by atoms with Crippen molar-refractivity contribution < 1.29 is 18.0 Å². The molecule has 0 aliphatic carbocycles. The average Bonchev–Trinajstić information content (AvgIpc) is 3.05. The molecular formula is C17H11F3N2OS. The Labute approximate surface area is 139 Å². The summed E-state index contributed by atoms with van der Waals surface area (Å²) in [5, 5.41) is 2.69. The predicted octanol–water partition coefficient (Wildman–Crippen LogP) is 5.08. The fourth-order valence-corrected chi connectivity index (χ4v) is 2.99. The van der Waals surface area contributed by atoms with E-state index in [1.807, 2.05) is 0 Å². The van der Waals surface area contributed by atoms with E-state index in [1.165, 1.54) is 12.3 Å². The number of carbonyl (C=O) groups is 1. The lowest BCUT2D eigenvalue weighted by atomic mass is 10.1. The summed E-state index contributed by atoms with van der Waals surface area (Å²) in [6.45, 7) is 0. The monoisotopic (exact) mass is 348 g/mol. The Bertz CT molecular complexity index is 860. The number of rotatable bonds is 3. The molecule has 1 N–H and O–H groups in total. The Hall–Kier alpha value is -2.67. The molecule has 0 spiro atoms. The smallest absolute Gasteiger partial charge is 0.320 e. The third-order valence-corrected chi connectivity index (χ3v) is 4.36. The van der Waals surface area contributed by atoms with Gasteiger partial charge >= 0.3 is 6.18 Å². The largest absolute Gasteiger partial charge is 0.416 e. The number of thiophene rings is 1. The molecule has 0 aliphatic rings. The minimum Gasteiger partial charge on any atom is -0.320 e. The van der Waals surface area contributed by atoms with Crippen LogP contribution in [-0.4, -0.2) is 10.9 Å². The summed E-state index contributed by atoms with van der Waals surface area (Å²) in [5.74, 6) is -0.328. The lowest BCUT2D eigenvalue weighted by Gasteiger charge is -2.07. The third kappa shape index (κ3) is 3.62. The summed E-state index contributed by atoms with van der Waals surface area (Å²) in [4.78, 5) is 17.1. The zero-order chi connectivity index (χ0) is 17.2. The number of amides is 1. The molecule has 0 atom stereocenters. The number of pyridine rings is 1. The van der Waals surface area contributed by atoms with Gasteiger partial charge in [0.05, 0.1) is 22.3 Å². The van der Waals surface area contributed by atoms with Gasteiger partial charge in [-0.3, -0.25) is 9.78 Å². The minimum atomic E-state index is -4.40. The van der Waals surface area contributed by atoms with Gasteiger partial charge in [-0.25, -0.2) is 0 Å². The van der Waals surface area contributed by atoms with Crippen LogP contribution in [-0.2, 0) is 6.18 Å². The van der Waals surface area contributed by atoms with Gasteiger partial charge in [0.25, 0.3) is 5.91 Å². The number of hydrogen-bond acceptors (Lipinski definition) is 3. The van der Waals surface area contributed by atoms with E-state index < -0.39 is 11.7 Å². The van der Waals surface area contributed by atoms with Crippen molar-refractivity contribution in [3.63, 3.8) is 0 Å². The fraction of sp³-hybridized carbons (Fsp3) is 0.0588. The van der Waals surface area contributed by atoms with E-state index >= 15 is 0 Å². The third-order valence-electron chi connectivity index (χ3n) is 3.22. The lowest BCUT2D eigenvalue weighted by Crippen LogP contribution is -2.09. The molecule has 3 rings (SSSR count). The maximum absolute atomic E-state index is 12.8. The Morgan fingerprint density at radius 3 is 2.62 bits per heavy atom. The molecular weight excluding hydrogens is 337 g/mol. The number of nitrogens with zero attached hydrogens (tertiary/aromatic N) is 1. The van der Waals surface area contributed by atoms with Gasteiger partial charge in [0.2, 0.25) is 0 Å². The van der Waals surface area contributed by atoms with Gasteiger partial charge in [-0.15, -0.1) is 11.3 Å². The first-order chi connectivity index (χ1) is 11.4. The fourth-order valence-electron chi connectivity index (χ4n) is 2.09. The van der Waals surface area contributed by atoms with Gasteiger partial charge in [0.15, 0.2) is 0 Å². The molecule has 0 radical (unpaired) electrons. The molecule has 3 aromatic rings. The Balaban J connectivity index is 1.82. The quantitative estimate of drug-likeness (QED) is 0.717. The molecule has 3 nitrogen and oxygen atoms in total. The molecule has 24 heavy (non-hydrogen) atoms. The number of alkyl halides is 3. The molecule has 0 aliphatic heterocycles. The number of hydrogen-bond donors (Lipinski definition) is 1. The van der Waals surface area contributed by atoms with Crippen molar-refractivity contribution in [3.05, 3.63) is 71.4 Å². The second-order valence-electron chi connectivity index (χ2n) is 4.94. The van der Waals surface area contributed by atoms with Crippen LogP contribution < -0.4 is 5.32 Å². The van der Waals surface area contributed by atoms with Crippen LogP contribution in [0.1, 0.15) is 15.2 Å². The predicted molar refractivity (Wildman–Crippen MR) is 86.9 cm³/mol. The number of aromatic nitrogens is 1. The van der Waals surface area contributed by atoms with Crippen LogP contribution >= 0.6 is 11.3 Å². The molecule has 122 valence electrons. The zero-order valence-corrected chi connectivity index (χ0v) is 13.0. The van der Waals surface area contributed by atoms with Crippen LogP contribution in [0.3, 0.4) is 0 Å². The summed E-state index contributed by atoms with van der Waals surface area (Å²) in [6, 6.07) is 11.7. The Morgan fingerprint density at radius 2 is 1.92 bits per heavy atom. The zero-order valence-electron chi connectivity index (χ0n) is 12.2. The van der Waals surface area contributed by atoms with Crippen molar-refractivity contribution in [1.82, 2.24) is 4.98 Å². The van der Waals surface area contributed by atoms with Crippen molar-refractivity contribution in [2.75, 3.05) is 5.32 Å². The van der Waals surface area contributed by atoms with E-state index in [2.05, 4.69) is 10.3 Å². The first-order valence-corrected chi connectivity index (χ1v) is 7.74. The summed E-state index contributed by atoms with van der Waals surface area (Å²) in [6.07, 6.45) is -1.29. The van der Waals surface area contributed by atoms with Crippen LogP contribution in [0.4, 0.5) is 18.9 Å². The van der Waals surface area contributed by atoms with E-state index in [9.17, 15) is 18.0 Å². The van der Waals surface area contributed by atoms with Crippen LogP contribution in [0.25, 0.3) is 10.4 Å². The van der Waals surface area contributed by atoms with Gasteiger partial charge < -0.3 is 5.32 Å². The first-order valence-electron chi connectivity index (χ1n) is 6.92. The topological polar surface area (TPSA) is 42.0 Å². The lowest BCUT2D eigenvalue weighted by molar-refractivity contribution is -0.137. The van der Waals surface area contributed by atoms with Crippen molar-refractivity contribution in [2.45, 2.75) is 6.18 Å². The molecule has 0 saturated heterocycles. The van der Waals surface area contributed by atoms with Gasteiger partial charge in [0.1, 0.15) is 0 Å². The van der Waals surface area contributed by atoms with Crippen LogP contribution in [0.15, 0.2) is 60.9 Å². The second-order valence-corrected chi connectivity index (χ2v) is 6.02. The number of anilines is 1. The SMILES string of the molecule is O=C(Nc1cccnc1)c1ccc(-c2cccc(C(F)(F)F)c2)s1.